The summed E-state index contributed by atoms with van der Waals surface area (Å²) in [5, 5.41) is 2.86. The molecule has 0 unspecified atom stereocenters. The molecule has 2 rings (SSSR count). The first-order valence-corrected chi connectivity index (χ1v) is 5.50. The monoisotopic (exact) mass is 329 g/mol. The van der Waals surface area contributed by atoms with Gasteiger partial charge in [0.05, 0.1) is 11.1 Å². The van der Waals surface area contributed by atoms with E-state index in [0.29, 0.717) is 17.7 Å². The summed E-state index contributed by atoms with van der Waals surface area (Å²) < 4.78 is 0. The number of hydrogen-bond donors (Lipinski definition) is 2. The molecule has 7 heteroatoms. The lowest BCUT2D eigenvalue weighted by atomic mass is 10.1. The van der Waals surface area contributed by atoms with E-state index < -0.39 is 0 Å². The third-order valence-electron chi connectivity index (χ3n) is 2.51. The number of nitrogens with two attached hydrogens (primary N) is 1. The highest BCUT2D eigenvalue weighted by atomic mass is 79.9. The lowest BCUT2D eigenvalue weighted by Crippen LogP contribution is -2.39. The fourth-order valence-corrected chi connectivity index (χ4v) is 1.84. The van der Waals surface area contributed by atoms with Crippen LogP contribution in [0.15, 0.2) is 24.3 Å². The average Bonchev–Trinajstić information content (AvgIpc) is 2.54. The Morgan fingerprint density at radius 3 is 2.17 bits per heavy atom. The summed E-state index contributed by atoms with van der Waals surface area (Å²) in [5.74, 6) is -0.536. The minimum Gasteiger partial charge on any atom is -0.376 e. The molecule has 0 bridgehead atoms. The van der Waals surface area contributed by atoms with Crippen LogP contribution in [0.3, 0.4) is 0 Å². The summed E-state index contributed by atoms with van der Waals surface area (Å²) >= 11 is 4.64. The van der Waals surface area contributed by atoms with Gasteiger partial charge in [0, 0.05) is 13.1 Å². The SMILES string of the molecule is Br.NC(=S)NCCN1C(=O)c2ccccc2C1=O. The van der Waals surface area contributed by atoms with Crippen molar-refractivity contribution >= 4 is 46.1 Å². The molecule has 0 atom stereocenters. The van der Waals surface area contributed by atoms with Gasteiger partial charge in [0.1, 0.15) is 0 Å². The van der Waals surface area contributed by atoms with Crippen LogP contribution >= 0.6 is 29.2 Å². The van der Waals surface area contributed by atoms with Gasteiger partial charge in [0.25, 0.3) is 11.8 Å². The van der Waals surface area contributed by atoms with Crippen molar-refractivity contribution in [1.29, 1.82) is 0 Å². The smallest absolute Gasteiger partial charge is 0.261 e. The van der Waals surface area contributed by atoms with Gasteiger partial charge in [0.2, 0.25) is 0 Å². The zero-order valence-corrected chi connectivity index (χ0v) is 11.9. The summed E-state index contributed by atoms with van der Waals surface area (Å²) in [4.78, 5) is 25.0. The van der Waals surface area contributed by atoms with Crippen LogP contribution < -0.4 is 11.1 Å². The maximum absolute atomic E-state index is 11.9. The normalized spacial score (nSPS) is 13.0. The molecule has 0 radical (unpaired) electrons. The van der Waals surface area contributed by atoms with Crippen LogP contribution in [0.1, 0.15) is 20.7 Å². The molecule has 0 aliphatic carbocycles. The Kier molecular flexibility index (Phi) is 4.80. The van der Waals surface area contributed by atoms with Crippen LogP contribution in [0.25, 0.3) is 0 Å². The van der Waals surface area contributed by atoms with Crippen LogP contribution in [-0.2, 0) is 0 Å². The first-order valence-electron chi connectivity index (χ1n) is 5.10. The van der Waals surface area contributed by atoms with Crippen molar-refractivity contribution in [3.05, 3.63) is 35.4 Å². The predicted octanol–water partition coefficient (Wildman–Crippen LogP) is 0.694. The minimum absolute atomic E-state index is 0. The Hall–Kier alpha value is -1.47. The lowest BCUT2D eigenvalue weighted by Gasteiger charge is -2.13. The van der Waals surface area contributed by atoms with Crippen molar-refractivity contribution in [2.75, 3.05) is 13.1 Å². The topological polar surface area (TPSA) is 75.4 Å². The molecule has 3 N–H and O–H groups in total. The molecule has 1 heterocycles. The number of benzene rings is 1. The van der Waals surface area contributed by atoms with E-state index in [1.165, 1.54) is 4.90 Å². The Morgan fingerprint density at radius 1 is 1.22 bits per heavy atom. The Labute approximate surface area is 120 Å². The van der Waals surface area contributed by atoms with Gasteiger partial charge in [-0.2, -0.15) is 0 Å². The lowest BCUT2D eigenvalue weighted by molar-refractivity contribution is 0.0657. The number of amides is 2. The van der Waals surface area contributed by atoms with Crippen molar-refractivity contribution < 1.29 is 9.59 Å². The highest BCUT2D eigenvalue weighted by molar-refractivity contribution is 8.93. The zero-order valence-electron chi connectivity index (χ0n) is 9.38. The summed E-state index contributed by atoms with van der Waals surface area (Å²) in [7, 11) is 0. The number of thiocarbonyl (C=S) groups is 1. The highest BCUT2D eigenvalue weighted by Gasteiger charge is 2.34. The van der Waals surface area contributed by atoms with E-state index in [-0.39, 0.29) is 40.5 Å². The molecule has 1 aromatic carbocycles. The van der Waals surface area contributed by atoms with Crippen LogP contribution in [0.5, 0.6) is 0 Å². The van der Waals surface area contributed by atoms with Crippen LogP contribution in [0.4, 0.5) is 0 Å². The maximum atomic E-state index is 11.9. The fraction of sp³-hybridized carbons (Fsp3) is 0.182. The van der Waals surface area contributed by atoms with E-state index in [1.807, 2.05) is 0 Å². The maximum Gasteiger partial charge on any atom is 0.261 e. The van der Waals surface area contributed by atoms with Gasteiger partial charge >= 0.3 is 0 Å². The third kappa shape index (κ3) is 2.68. The van der Waals surface area contributed by atoms with Crippen molar-refractivity contribution in [2.24, 2.45) is 5.73 Å². The molecule has 18 heavy (non-hydrogen) atoms. The molecule has 2 amide bonds. The number of fused-ring (bicyclic) bond motifs is 1. The number of nitrogens with zero attached hydrogens (tertiary/aromatic N) is 1. The van der Waals surface area contributed by atoms with Gasteiger partial charge in [-0.15, -0.1) is 17.0 Å². The van der Waals surface area contributed by atoms with Gasteiger partial charge < -0.3 is 11.1 Å². The second kappa shape index (κ2) is 5.92. The molecule has 0 saturated heterocycles. The van der Waals surface area contributed by atoms with E-state index in [4.69, 9.17) is 5.73 Å². The minimum atomic E-state index is -0.268. The third-order valence-corrected chi connectivity index (χ3v) is 2.66. The molecule has 1 aliphatic rings. The summed E-state index contributed by atoms with van der Waals surface area (Å²) in [6.45, 7) is 0.616. The zero-order chi connectivity index (χ0) is 12.4. The molecule has 5 nitrogen and oxygen atoms in total. The van der Waals surface area contributed by atoms with Crippen molar-refractivity contribution in [3.63, 3.8) is 0 Å². The van der Waals surface area contributed by atoms with Gasteiger partial charge in [-0.1, -0.05) is 12.1 Å². The van der Waals surface area contributed by atoms with Gasteiger partial charge in [-0.3, -0.25) is 14.5 Å². The van der Waals surface area contributed by atoms with Crippen molar-refractivity contribution in [3.8, 4) is 0 Å². The number of imide groups is 1. The van der Waals surface area contributed by atoms with Gasteiger partial charge in [0.15, 0.2) is 5.11 Å². The molecule has 1 aliphatic heterocycles. The second-order valence-electron chi connectivity index (χ2n) is 3.60. The van der Waals surface area contributed by atoms with Crippen LogP contribution in [-0.4, -0.2) is 34.9 Å². The Balaban J connectivity index is 0.00000162. The van der Waals surface area contributed by atoms with Crippen LogP contribution in [0.2, 0.25) is 0 Å². The van der Waals surface area contributed by atoms with Crippen molar-refractivity contribution in [1.82, 2.24) is 10.2 Å². The first-order chi connectivity index (χ1) is 8.11. The molecule has 1 aromatic rings. The summed E-state index contributed by atoms with van der Waals surface area (Å²) in [6, 6.07) is 6.77. The number of nitrogens with one attached hydrogen (secondary N) is 1. The molecule has 0 saturated carbocycles. The number of hydrogen-bond acceptors (Lipinski definition) is 3. The van der Waals surface area contributed by atoms with Crippen molar-refractivity contribution in [2.45, 2.75) is 0 Å². The van der Waals surface area contributed by atoms with Gasteiger partial charge in [-0.25, -0.2) is 0 Å². The molecule has 96 valence electrons. The second-order valence-corrected chi connectivity index (χ2v) is 4.04. The molecular weight excluding hydrogens is 318 g/mol. The molecule has 0 aromatic heterocycles. The molecular formula is C11H12BrN3O2S. The largest absolute Gasteiger partial charge is 0.376 e. The standard InChI is InChI=1S/C11H11N3O2S.BrH/c12-11(17)13-5-6-14-9(15)7-3-1-2-4-8(7)10(14)16;/h1-4H,5-6H2,(H3,12,13,17);1H. The number of carbonyl (C=O) groups is 2. The number of rotatable bonds is 3. The number of halogens is 1. The Bertz CT molecular complexity index is 472. The van der Waals surface area contributed by atoms with E-state index in [1.54, 1.807) is 24.3 Å². The fourth-order valence-electron chi connectivity index (χ4n) is 1.73. The molecule has 0 spiro atoms. The number of carbonyl (C=O) groups excluding carboxylic acids is 2. The van der Waals surface area contributed by atoms with E-state index >= 15 is 0 Å². The van der Waals surface area contributed by atoms with E-state index in [2.05, 4.69) is 17.5 Å². The first kappa shape index (κ1) is 14.6. The van der Waals surface area contributed by atoms with E-state index in [9.17, 15) is 9.59 Å². The van der Waals surface area contributed by atoms with Crippen LogP contribution in [0, 0.1) is 0 Å². The predicted molar refractivity (Wildman–Crippen MR) is 76.9 cm³/mol. The molecule has 0 fully saturated rings. The quantitative estimate of drug-likeness (QED) is 0.630. The summed E-state index contributed by atoms with van der Waals surface area (Å²) in [5.41, 5.74) is 6.17. The Morgan fingerprint density at radius 2 is 1.72 bits per heavy atom. The highest BCUT2D eigenvalue weighted by Crippen LogP contribution is 2.21. The summed E-state index contributed by atoms with van der Waals surface area (Å²) in [6.07, 6.45) is 0. The average molecular weight is 330 g/mol. The van der Waals surface area contributed by atoms with Gasteiger partial charge in [-0.05, 0) is 24.4 Å². The van der Waals surface area contributed by atoms with E-state index in [0.717, 1.165) is 0 Å².